The van der Waals surface area contributed by atoms with E-state index in [4.69, 9.17) is 17.3 Å². The molecular formula is C26H28ClFN6O. The molecule has 35 heavy (non-hydrogen) atoms. The van der Waals surface area contributed by atoms with Crippen LogP contribution < -0.4 is 11.1 Å². The first-order valence-corrected chi connectivity index (χ1v) is 11.9. The van der Waals surface area contributed by atoms with E-state index in [-0.39, 0.29) is 11.9 Å². The Balaban J connectivity index is 1.55. The third kappa shape index (κ3) is 5.78. The summed E-state index contributed by atoms with van der Waals surface area (Å²) in [6.45, 7) is 2.70. The van der Waals surface area contributed by atoms with Gasteiger partial charge in [0.25, 0.3) is 5.91 Å². The maximum Gasteiger partial charge on any atom is 0.254 e. The predicted molar refractivity (Wildman–Crippen MR) is 137 cm³/mol. The Morgan fingerprint density at radius 2 is 1.89 bits per heavy atom. The highest BCUT2D eigenvalue weighted by Crippen LogP contribution is 2.23. The van der Waals surface area contributed by atoms with Crippen molar-refractivity contribution in [2.24, 2.45) is 5.73 Å². The van der Waals surface area contributed by atoms with Gasteiger partial charge in [-0.15, -0.1) is 5.10 Å². The first-order chi connectivity index (χ1) is 17.0. The number of alkyl halides is 1. The van der Waals surface area contributed by atoms with Gasteiger partial charge >= 0.3 is 0 Å². The molecule has 0 saturated carbocycles. The molecule has 1 amide bonds. The van der Waals surface area contributed by atoms with Crippen molar-refractivity contribution in [3.05, 3.63) is 83.0 Å². The van der Waals surface area contributed by atoms with Crippen molar-refractivity contribution in [1.82, 2.24) is 19.5 Å². The molecule has 3 N–H and O–H groups in total. The molecular weight excluding hydrogens is 467 g/mol. The standard InChI is InChI=1S/C26H28ClFN6O/c1-2-22(15-28)31-24-11-12-25-30-16-23(34(25)32-24)19-5-7-20(8-6-19)26(35)33(14-13-29)17-18-3-9-21(27)10-4-18/h3-12,16,22H,2,13-15,17,29H2,1H3,(H,31,32). The minimum atomic E-state index is -0.471. The van der Waals surface area contributed by atoms with Crippen molar-refractivity contribution in [1.29, 1.82) is 0 Å². The molecule has 0 saturated heterocycles. The van der Waals surface area contributed by atoms with Crippen molar-refractivity contribution in [3.8, 4) is 11.3 Å². The molecule has 9 heteroatoms. The van der Waals surface area contributed by atoms with Gasteiger partial charge in [0.15, 0.2) is 5.65 Å². The van der Waals surface area contributed by atoms with Crippen LogP contribution in [0.25, 0.3) is 16.9 Å². The number of nitrogens with zero attached hydrogens (tertiary/aromatic N) is 4. The Morgan fingerprint density at radius 3 is 2.54 bits per heavy atom. The largest absolute Gasteiger partial charge is 0.363 e. The second kappa shape index (κ2) is 11.3. The summed E-state index contributed by atoms with van der Waals surface area (Å²) < 4.78 is 14.8. The van der Waals surface area contributed by atoms with Crippen LogP contribution in [0.5, 0.6) is 0 Å². The van der Waals surface area contributed by atoms with Crippen molar-refractivity contribution < 1.29 is 9.18 Å². The molecule has 0 aliphatic carbocycles. The Bertz CT molecular complexity index is 1270. The van der Waals surface area contributed by atoms with E-state index in [1.54, 1.807) is 33.8 Å². The van der Waals surface area contributed by atoms with Crippen LogP contribution in [-0.2, 0) is 6.54 Å². The van der Waals surface area contributed by atoms with Crippen molar-refractivity contribution >= 4 is 29.0 Å². The second-order valence-corrected chi connectivity index (χ2v) is 8.69. The van der Waals surface area contributed by atoms with Crippen LogP contribution in [-0.4, -0.2) is 51.2 Å². The van der Waals surface area contributed by atoms with Gasteiger partial charge in [-0.2, -0.15) is 0 Å². The monoisotopic (exact) mass is 494 g/mol. The molecule has 1 atom stereocenters. The van der Waals surface area contributed by atoms with Gasteiger partial charge in [-0.05, 0) is 48.4 Å². The molecule has 2 aromatic heterocycles. The summed E-state index contributed by atoms with van der Waals surface area (Å²) in [4.78, 5) is 19.3. The number of imidazole rings is 1. The Morgan fingerprint density at radius 1 is 1.14 bits per heavy atom. The normalized spacial score (nSPS) is 12.0. The van der Waals surface area contributed by atoms with E-state index in [1.807, 2.05) is 49.4 Å². The number of fused-ring (bicyclic) bond motifs is 1. The summed E-state index contributed by atoms with van der Waals surface area (Å²) in [6.07, 6.45) is 2.39. The third-order valence-electron chi connectivity index (χ3n) is 5.79. The molecule has 182 valence electrons. The fourth-order valence-corrected chi connectivity index (χ4v) is 3.92. The molecule has 0 spiro atoms. The Hall–Kier alpha value is -3.49. The minimum absolute atomic E-state index is 0.100. The summed E-state index contributed by atoms with van der Waals surface area (Å²) in [5.41, 5.74) is 9.62. The molecule has 7 nitrogen and oxygen atoms in total. The van der Waals surface area contributed by atoms with Gasteiger partial charge in [0, 0.05) is 35.8 Å². The fraction of sp³-hybridized carbons (Fsp3) is 0.269. The molecule has 2 aromatic carbocycles. The van der Waals surface area contributed by atoms with Gasteiger partial charge in [-0.3, -0.25) is 4.79 Å². The zero-order chi connectivity index (χ0) is 24.8. The first kappa shape index (κ1) is 24.6. The van der Waals surface area contributed by atoms with Crippen LogP contribution in [0, 0.1) is 0 Å². The zero-order valence-electron chi connectivity index (χ0n) is 19.5. The Kier molecular flexibility index (Phi) is 7.94. The molecule has 2 heterocycles. The lowest BCUT2D eigenvalue weighted by Gasteiger charge is -2.22. The molecule has 4 aromatic rings. The lowest BCUT2D eigenvalue weighted by Crippen LogP contribution is -2.34. The number of nitrogens with one attached hydrogen (secondary N) is 1. The number of aromatic nitrogens is 3. The van der Waals surface area contributed by atoms with E-state index >= 15 is 0 Å². The molecule has 0 radical (unpaired) electrons. The van der Waals surface area contributed by atoms with Crippen LogP contribution in [0.4, 0.5) is 10.2 Å². The van der Waals surface area contributed by atoms with Crippen LogP contribution in [0.15, 0.2) is 66.9 Å². The number of carbonyl (C=O) groups excluding carboxylic acids is 1. The number of anilines is 1. The smallest absolute Gasteiger partial charge is 0.254 e. The number of benzene rings is 2. The molecule has 0 bridgehead atoms. The predicted octanol–water partition coefficient (Wildman–Crippen LogP) is 4.81. The number of hydrogen-bond acceptors (Lipinski definition) is 5. The summed E-state index contributed by atoms with van der Waals surface area (Å²) in [5, 5.41) is 8.35. The highest BCUT2D eigenvalue weighted by atomic mass is 35.5. The highest BCUT2D eigenvalue weighted by molar-refractivity contribution is 6.30. The highest BCUT2D eigenvalue weighted by Gasteiger charge is 2.17. The zero-order valence-corrected chi connectivity index (χ0v) is 20.3. The van der Waals surface area contributed by atoms with Gasteiger partial charge < -0.3 is 16.0 Å². The number of halogens is 2. The number of carbonyl (C=O) groups is 1. The number of amides is 1. The van der Waals surface area contributed by atoms with Gasteiger partial charge in [-0.1, -0.05) is 42.8 Å². The number of nitrogens with two attached hydrogens (primary N) is 1. The summed E-state index contributed by atoms with van der Waals surface area (Å²) in [7, 11) is 0. The van der Waals surface area contributed by atoms with Gasteiger partial charge in [0.2, 0.25) is 0 Å². The topological polar surface area (TPSA) is 88.5 Å². The summed E-state index contributed by atoms with van der Waals surface area (Å²) in [6, 6.07) is 18.1. The van der Waals surface area contributed by atoms with E-state index in [2.05, 4.69) is 15.4 Å². The van der Waals surface area contributed by atoms with Crippen molar-refractivity contribution in [2.45, 2.75) is 25.9 Å². The molecule has 0 aliphatic heterocycles. The van der Waals surface area contributed by atoms with Gasteiger partial charge in [0.05, 0.1) is 17.9 Å². The average Bonchev–Trinajstić information content (AvgIpc) is 3.31. The van der Waals surface area contributed by atoms with Crippen molar-refractivity contribution in [2.75, 3.05) is 25.1 Å². The van der Waals surface area contributed by atoms with Gasteiger partial charge in [0.1, 0.15) is 12.5 Å². The van der Waals surface area contributed by atoms with E-state index in [1.165, 1.54) is 0 Å². The second-order valence-electron chi connectivity index (χ2n) is 8.26. The SMILES string of the molecule is CCC(CF)Nc1ccc2ncc(-c3ccc(C(=O)N(CCN)Cc4ccc(Cl)cc4)cc3)n2n1. The lowest BCUT2D eigenvalue weighted by atomic mass is 10.1. The minimum Gasteiger partial charge on any atom is -0.363 e. The molecule has 4 rings (SSSR count). The molecule has 0 fully saturated rings. The summed E-state index contributed by atoms with van der Waals surface area (Å²) in [5.74, 6) is 0.476. The van der Waals surface area contributed by atoms with E-state index in [9.17, 15) is 9.18 Å². The number of hydrogen-bond donors (Lipinski definition) is 2. The van der Waals surface area contributed by atoms with Gasteiger partial charge in [-0.25, -0.2) is 13.9 Å². The molecule has 0 aliphatic rings. The quantitative estimate of drug-likeness (QED) is 0.330. The molecule has 1 unspecified atom stereocenters. The first-order valence-electron chi connectivity index (χ1n) is 11.5. The van der Waals surface area contributed by atoms with Crippen LogP contribution in [0.2, 0.25) is 5.02 Å². The third-order valence-corrected chi connectivity index (χ3v) is 6.05. The van der Waals surface area contributed by atoms with Crippen LogP contribution in [0.1, 0.15) is 29.3 Å². The van der Waals surface area contributed by atoms with E-state index in [0.29, 0.717) is 48.1 Å². The maximum atomic E-state index is 13.2. The van der Waals surface area contributed by atoms with E-state index < -0.39 is 6.67 Å². The number of rotatable bonds is 10. The van der Waals surface area contributed by atoms with Crippen LogP contribution >= 0.6 is 11.6 Å². The summed E-state index contributed by atoms with van der Waals surface area (Å²) >= 11 is 5.98. The van der Waals surface area contributed by atoms with Crippen molar-refractivity contribution in [3.63, 3.8) is 0 Å². The lowest BCUT2D eigenvalue weighted by molar-refractivity contribution is 0.0748. The Labute approximate surface area is 208 Å². The maximum absolute atomic E-state index is 13.2. The van der Waals surface area contributed by atoms with Crippen LogP contribution in [0.3, 0.4) is 0 Å². The average molecular weight is 495 g/mol. The van der Waals surface area contributed by atoms with E-state index in [0.717, 1.165) is 16.8 Å². The fourth-order valence-electron chi connectivity index (χ4n) is 3.79.